The van der Waals surface area contributed by atoms with Crippen molar-refractivity contribution < 1.29 is 44.9 Å². The van der Waals surface area contributed by atoms with Crippen LogP contribution in [0.4, 0.5) is 0 Å². The van der Waals surface area contributed by atoms with Crippen molar-refractivity contribution in [3.63, 3.8) is 0 Å². The minimum Gasteiger partial charge on any atom is -0.394 e. The Morgan fingerprint density at radius 1 is 0.655 bits per heavy atom. The summed E-state index contributed by atoms with van der Waals surface area (Å²) < 4.78 is 11.1. The van der Waals surface area contributed by atoms with Crippen LogP contribution >= 0.6 is 0 Å². The first kappa shape index (κ1) is 54.6. The molecule has 0 aromatic carbocycles. The normalized spacial score (nSPS) is 21.7. The van der Waals surface area contributed by atoms with Crippen LogP contribution < -0.4 is 5.32 Å². The van der Waals surface area contributed by atoms with Crippen molar-refractivity contribution in [1.82, 2.24) is 5.32 Å². The number of rotatable bonds is 39. The summed E-state index contributed by atoms with van der Waals surface area (Å²) in [6, 6.07) is -0.995. The van der Waals surface area contributed by atoms with Gasteiger partial charge in [0.15, 0.2) is 6.29 Å². The predicted molar refractivity (Wildman–Crippen MR) is 236 cm³/mol. The highest BCUT2D eigenvalue weighted by Crippen LogP contribution is 2.23. The van der Waals surface area contributed by atoms with Gasteiger partial charge < -0.3 is 45.4 Å². The summed E-state index contributed by atoms with van der Waals surface area (Å²) >= 11 is 0. The molecule has 10 nitrogen and oxygen atoms in total. The fourth-order valence-electron chi connectivity index (χ4n) is 7.71. The Morgan fingerprint density at radius 2 is 1.12 bits per heavy atom. The van der Waals surface area contributed by atoms with E-state index < -0.39 is 61.5 Å². The number of amides is 1. The van der Waals surface area contributed by atoms with Crippen molar-refractivity contribution in [2.75, 3.05) is 13.2 Å². The molecular formula is C48H91NO9. The Morgan fingerprint density at radius 3 is 1.60 bits per heavy atom. The average Bonchev–Trinajstić information content (AvgIpc) is 3.22. The molecule has 0 aromatic heterocycles. The fourth-order valence-corrected chi connectivity index (χ4v) is 7.71. The number of aliphatic hydroxyl groups is 6. The van der Waals surface area contributed by atoms with Gasteiger partial charge >= 0.3 is 0 Å². The Kier molecular flexibility index (Phi) is 35.2. The van der Waals surface area contributed by atoms with Gasteiger partial charge in [-0.3, -0.25) is 4.79 Å². The lowest BCUT2D eigenvalue weighted by molar-refractivity contribution is -0.302. The molecule has 7 N–H and O–H groups in total. The first-order valence-corrected chi connectivity index (χ1v) is 24.1. The number of allylic oxidation sites excluding steroid dienone is 3. The van der Waals surface area contributed by atoms with Crippen molar-refractivity contribution in [1.29, 1.82) is 0 Å². The second-order valence-corrected chi connectivity index (χ2v) is 17.2. The van der Waals surface area contributed by atoms with Crippen LogP contribution in [0.1, 0.15) is 213 Å². The molecule has 0 aliphatic carbocycles. The monoisotopic (exact) mass is 826 g/mol. The smallest absolute Gasteiger partial charge is 0.249 e. The summed E-state index contributed by atoms with van der Waals surface area (Å²) in [6.07, 6.45) is 32.0. The van der Waals surface area contributed by atoms with Gasteiger partial charge in [0.2, 0.25) is 5.91 Å². The molecule has 0 bridgehead atoms. The third-order valence-electron chi connectivity index (χ3n) is 11.7. The number of aliphatic hydroxyl groups excluding tert-OH is 6. The van der Waals surface area contributed by atoms with Crippen LogP contribution in [0.15, 0.2) is 23.8 Å². The molecule has 8 atom stereocenters. The van der Waals surface area contributed by atoms with E-state index in [1.807, 2.05) is 6.08 Å². The summed E-state index contributed by atoms with van der Waals surface area (Å²) in [6.45, 7) is 5.74. The minimum absolute atomic E-state index is 0.307. The summed E-state index contributed by atoms with van der Waals surface area (Å²) in [4.78, 5) is 13.1. The Bertz CT molecular complexity index is 1010. The molecule has 1 saturated heterocycles. The van der Waals surface area contributed by atoms with Crippen LogP contribution in [0.25, 0.3) is 0 Å². The molecule has 1 heterocycles. The van der Waals surface area contributed by atoms with E-state index in [-0.39, 0.29) is 6.61 Å². The number of hydrogen-bond acceptors (Lipinski definition) is 9. The number of ether oxygens (including phenoxy) is 2. The SMILES string of the molecule is CCCCCCCCCCCCCCCCCCCCCC(O)C(=O)NC(COC1OC(CO)C(O)C(O)C1O)C(O)C=CCCC=C(C)CCCCCCCCC. The van der Waals surface area contributed by atoms with Gasteiger partial charge in [-0.05, 0) is 39.0 Å². The van der Waals surface area contributed by atoms with Crippen LogP contribution in [0.2, 0.25) is 0 Å². The molecule has 0 spiro atoms. The van der Waals surface area contributed by atoms with E-state index in [0.29, 0.717) is 19.3 Å². The zero-order valence-corrected chi connectivity index (χ0v) is 37.4. The van der Waals surface area contributed by atoms with Crippen molar-refractivity contribution >= 4 is 5.91 Å². The number of hydrogen-bond donors (Lipinski definition) is 7. The van der Waals surface area contributed by atoms with Crippen molar-refractivity contribution in [2.24, 2.45) is 0 Å². The van der Waals surface area contributed by atoms with E-state index in [0.717, 1.165) is 32.1 Å². The highest BCUT2D eigenvalue weighted by Gasteiger charge is 2.44. The molecule has 1 aliphatic heterocycles. The van der Waals surface area contributed by atoms with Crippen LogP contribution in [-0.4, -0.2) is 98.7 Å². The van der Waals surface area contributed by atoms with Crippen LogP contribution in [0, 0.1) is 0 Å². The molecule has 0 aromatic rings. The lowest BCUT2D eigenvalue weighted by Gasteiger charge is -2.40. The summed E-state index contributed by atoms with van der Waals surface area (Å²) in [5.74, 6) is -0.624. The van der Waals surface area contributed by atoms with Gasteiger partial charge in [-0.15, -0.1) is 0 Å². The van der Waals surface area contributed by atoms with Crippen molar-refractivity contribution in [3.05, 3.63) is 23.8 Å². The van der Waals surface area contributed by atoms with Gasteiger partial charge in [-0.25, -0.2) is 0 Å². The summed E-state index contributed by atoms with van der Waals surface area (Å²) in [7, 11) is 0. The molecular weight excluding hydrogens is 735 g/mol. The maximum Gasteiger partial charge on any atom is 0.249 e. The van der Waals surface area contributed by atoms with E-state index in [1.54, 1.807) is 6.08 Å². The zero-order valence-electron chi connectivity index (χ0n) is 37.4. The highest BCUT2D eigenvalue weighted by atomic mass is 16.7. The van der Waals surface area contributed by atoms with Gasteiger partial charge in [0.05, 0.1) is 25.4 Å². The third-order valence-corrected chi connectivity index (χ3v) is 11.7. The van der Waals surface area contributed by atoms with Gasteiger partial charge in [0, 0.05) is 0 Å². The molecule has 0 saturated carbocycles. The minimum atomic E-state index is -1.61. The van der Waals surface area contributed by atoms with E-state index >= 15 is 0 Å². The van der Waals surface area contributed by atoms with Gasteiger partial charge in [-0.2, -0.15) is 0 Å². The number of nitrogens with one attached hydrogen (secondary N) is 1. The van der Waals surface area contributed by atoms with Crippen LogP contribution in [-0.2, 0) is 14.3 Å². The molecule has 1 fully saturated rings. The third kappa shape index (κ3) is 27.5. The predicted octanol–water partition coefficient (Wildman–Crippen LogP) is 9.25. The van der Waals surface area contributed by atoms with Crippen LogP contribution in [0.3, 0.4) is 0 Å². The quantitative estimate of drug-likeness (QED) is 0.0236. The second kappa shape index (κ2) is 37.4. The molecule has 10 heteroatoms. The molecule has 1 aliphatic rings. The maximum atomic E-state index is 13.1. The van der Waals surface area contributed by atoms with E-state index in [2.05, 4.69) is 32.2 Å². The summed E-state index contributed by atoms with van der Waals surface area (Å²) in [5, 5.41) is 64.8. The largest absolute Gasteiger partial charge is 0.394 e. The Hall–Kier alpha value is -1.37. The highest BCUT2D eigenvalue weighted by molar-refractivity contribution is 5.80. The second-order valence-electron chi connectivity index (χ2n) is 17.2. The molecule has 58 heavy (non-hydrogen) atoms. The molecule has 1 rings (SSSR count). The maximum absolute atomic E-state index is 13.1. The lowest BCUT2D eigenvalue weighted by Crippen LogP contribution is -2.60. The first-order valence-electron chi connectivity index (χ1n) is 24.1. The average molecular weight is 826 g/mol. The molecule has 8 unspecified atom stereocenters. The topological polar surface area (TPSA) is 169 Å². The van der Waals surface area contributed by atoms with Gasteiger partial charge in [-0.1, -0.05) is 198 Å². The first-order chi connectivity index (χ1) is 28.2. The van der Waals surface area contributed by atoms with Crippen molar-refractivity contribution in [2.45, 2.75) is 262 Å². The van der Waals surface area contributed by atoms with E-state index in [4.69, 9.17) is 9.47 Å². The van der Waals surface area contributed by atoms with Crippen LogP contribution in [0.5, 0.6) is 0 Å². The lowest BCUT2D eigenvalue weighted by atomic mass is 9.99. The Balaban J connectivity index is 2.43. The Labute approximate surface area is 354 Å². The molecule has 342 valence electrons. The molecule has 1 amide bonds. The summed E-state index contributed by atoms with van der Waals surface area (Å²) in [5.41, 5.74) is 1.36. The number of carbonyl (C=O) groups is 1. The zero-order chi connectivity index (χ0) is 42.6. The van der Waals surface area contributed by atoms with E-state index in [9.17, 15) is 35.4 Å². The standard InChI is InChI=1S/C48H91NO9/c1-4-6-8-10-12-13-14-15-16-17-18-19-20-21-22-23-25-27-31-36-42(52)47(56)49-40(38-57-48-46(55)45(54)44(53)43(37-50)58-48)41(51)35-32-28-30-34-39(3)33-29-26-24-11-9-7-5-2/h32,34-35,40-46,48,50-55H,4-31,33,36-38H2,1-3H3,(H,49,56). The van der Waals surface area contributed by atoms with E-state index in [1.165, 1.54) is 147 Å². The van der Waals surface area contributed by atoms with Gasteiger partial charge in [0.25, 0.3) is 0 Å². The number of carbonyl (C=O) groups excluding carboxylic acids is 1. The van der Waals surface area contributed by atoms with Crippen molar-refractivity contribution in [3.8, 4) is 0 Å². The fraction of sp³-hybridized carbons (Fsp3) is 0.896. The van der Waals surface area contributed by atoms with Gasteiger partial charge in [0.1, 0.15) is 30.5 Å². The molecule has 0 radical (unpaired) electrons. The number of unbranched alkanes of at least 4 members (excludes halogenated alkanes) is 25.